The van der Waals surface area contributed by atoms with Gasteiger partial charge in [-0.2, -0.15) is 10.1 Å². The summed E-state index contributed by atoms with van der Waals surface area (Å²) in [7, 11) is 1.72. The van der Waals surface area contributed by atoms with E-state index in [-0.39, 0.29) is 29.0 Å². The smallest absolute Gasteiger partial charge is 0.274 e. The number of hydrogen-bond donors (Lipinski definition) is 3. The van der Waals surface area contributed by atoms with Crippen LogP contribution in [0.15, 0.2) is 35.1 Å². The Kier molecular flexibility index (Phi) is 4.67. The first-order chi connectivity index (χ1) is 12.3. The Bertz CT molecular complexity index is 993. The second-order valence-electron chi connectivity index (χ2n) is 5.20. The molecule has 134 valence electrons. The van der Waals surface area contributed by atoms with Crippen LogP contribution in [0, 0.1) is 15.9 Å². The number of nitrogen functional groups attached to an aromatic ring is 1. The maximum Gasteiger partial charge on any atom is 0.274 e. The predicted molar refractivity (Wildman–Crippen MR) is 97.0 cm³/mol. The molecule has 26 heavy (non-hydrogen) atoms. The summed E-state index contributed by atoms with van der Waals surface area (Å²) in [6.07, 6.45) is 3.13. The van der Waals surface area contributed by atoms with Gasteiger partial charge in [-0.3, -0.25) is 14.8 Å². The Morgan fingerprint density at radius 3 is 2.77 bits per heavy atom. The van der Waals surface area contributed by atoms with Crippen LogP contribution < -0.4 is 16.4 Å². The van der Waals surface area contributed by atoms with Gasteiger partial charge in [-0.15, -0.1) is 0 Å². The summed E-state index contributed by atoms with van der Waals surface area (Å²) in [4.78, 5) is 18.5. The quantitative estimate of drug-likeness (QED) is 0.421. The fourth-order valence-electron chi connectivity index (χ4n) is 2.13. The van der Waals surface area contributed by atoms with E-state index in [1.165, 1.54) is 16.9 Å². The molecule has 3 rings (SSSR count). The SMILES string of the molecule is Cn1cc(Nc2ncc(Br)c(Nc3cc(F)cc([N+](=O)[O-])c3)n2)c(N)n1. The van der Waals surface area contributed by atoms with Gasteiger partial charge in [0.2, 0.25) is 5.95 Å². The van der Waals surface area contributed by atoms with E-state index in [1.807, 2.05) is 0 Å². The minimum atomic E-state index is -0.742. The number of hydrogen-bond acceptors (Lipinski definition) is 8. The number of nitro benzene ring substituents is 1. The van der Waals surface area contributed by atoms with Crippen LogP contribution in [0.4, 0.5) is 39.0 Å². The molecule has 0 radical (unpaired) electrons. The average Bonchev–Trinajstić information content (AvgIpc) is 2.87. The lowest BCUT2D eigenvalue weighted by Crippen LogP contribution is -2.03. The summed E-state index contributed by atoms with van der Waals surface area (Å²) in [5.74, 6) is 0.0220. The van der Waals surface area contributed by atoms with Crippen LogP contribution in [0.3, 0.4) is 0 Å². The molecule has 0 aliphatic carbocycles. The van der Waals surface area contributed by atoms with Crippen molar-refractivity contribution in [1.82, 2.24) is 19.7 Å². The highest BCUT2D eigenvalue weighted by atomic mass is 79.9. The Balaban J connectivity index is 1.89. The maximum atomic E-state index is 13.6. The third kappa shape index (κ3) is 3.85. The van der Waals surface area contributed by atoms with Crippen LogP contribution in [0.5, 0.6) is 0 Å². The number of nitrogens with two attached hydrogens (primary N) is 1. The monoisotopic (exact) mass is 422 g/mol. The van der Waals surface area contributed by atoms with Crippen LogP contribution in [-0.2, 0) is 7.05 Å². The Morgan fingerprint density at radius 2 is 2.12 bits per heavy atom. The summed E-state index contributed by atoms with van der Waals surface area (Å²) in [5.41, 5.74) is 6.07. The molecule has 0 amide bonds. The van der Waals surface area contributed by atoms with Crippen molar-refractivity contribution in [1.29, 1.82) is 0 Å². The van der Waals surface area contributed by atoms with E-state index in [4.69, 9.17) is 5.73 Å². The van der Waals surface area contributed by atoms with E-state index in [1.54, 1.807) is 13.2 Å². The topological polar surface area (TPSA) is 137 Å². The van der Waals surface area contributed by atoms with E-state index < -0.39 is 10.7 Å². The van der Waals surface area contributed by atoms with E-state index in [0.717, 1.165) is 12.1 Å². The number of non-ortho nitro benzene ring substituents is 1. The molecule has 0 aliphatic heterocycles. The van der Waals surface area contributed by atoms with Crippen LogP contribution in [0.1, 0.15) is 0 Å². The molecule has 4 N–H and O–H groups in total. The van der Waals surface area contributed by atoms with Crippen molar-refractivity contribution in [2.75, 3.05) is 16.4 Å². The molecule has 1 aromatic carbocycles. The Morgan fingerprint density at radius 1 is 1.35 bits per heavy atom. The minimum Gasteiger partial charge on any atom is -0.380 e. The second kappa shape index (κ2) is 6.92. The molecule has 0 unspecified atom stereocenters. The molecule has 0 bridgehead atoms. The lowest BCUT2D eigenvalue weighted by Gasteiger charge is -2.10. The largest absolute Gasteiger partial charge is 0.380 e. The molecular formula is C14H12BrFN8O2. The van der Waals surface area contributed by atoms with Crippen molar-refractivity contribution in [3.8, 4) is 0 Å². The normalized spacial score (nSPS) is 10.6. The molecule has 0 saturated heterocycles. The van der Waals surface area contributed by atoms with Gasteiger partial charge >= 0.3 is 0 Å². The zero-order valence-corrected chi connectivity index (χ0v) is 14.9. The van der Waals surface area contributed by atoms with Gasteiger partial charge in [0.1, 0.15) is 17.3 Å². The van der Waals surface area contributed by atoms with Crippen molar-refractivity contribution in [3.63, 3.8) is 0 Å². The number of benzene rings is 1. The molecule has 0 spiro atoms. The number of nitrogens with zero attached hydrogens (tertiary/aromatic N) is 5. The third-order valence-electron chi connectivity index (χ3n) is 3.20. The van der Waals surface area contributed by atoms with Crippen molar-refractivity contribution in [2.24, 2.45) is 7.05 Å². The van der Waals surface area contributed by atoms with E-state index in [9.17, 15) is 14.5 Å². The van der Waals surface area contributed by atoms with Crippen LogP contribution in [0.25, 0.3) is 0 Å². The number of nitro groups is 1. The van der Waals surface area contributed by atoms with Gasteiger partial charge in [-0.05, 0) is 22.0 Å². The van der Waals surface area contributed by atoms with E-state index in [0.29, 0.717) is 10.2 Å². The summed E-state index contributed by atoms with van der Waals surface area (Å²) >= 11 is 3.27. The standard InChI is InChI=1S/C14H12BrFN8O2/c1-23-6-11(12(17)22-23)20-14-18-5-10(15)13(21-14)19-8-2-7(16)3-9(4-8)24(25)26/h2-6H,1H3,(H2,17,22)(H2,18,19,20,21). The lowest BCUT2D eigenvalue weighted by atomic mass is 10.2. The van der Waals surface area contributed by atoms with Crippen molar-refractivity contribution in [2.45, 2.75) is 0 Å². The third-order valence-corrected chi connectivity index (χ3v) is 3.78. The van der Waals surface area contributed by atoms with Crippen LogP contribution in [0.2, 0.25) is 0 Å². The number of nitrogens with one attached hydrogen (secondary N) is 2. The Labute approximate surface area is 154 Å². The van der Waals surface area contributed by atoms with E-state index >= 15 is 0 Å². The number of aromatic nitrogens is 4. The summed E-state index contributed by atoms with van der Waals surface area (Å²) < 4.78 is 15.6. The van der Waals surface area contributed by atoms with Gasteiger partial charge in [0, 0.05) is 25.0 Å². The zero-order valence-electron chi connectivity index (χ0n) is 13.3. The number of anilines is 5. The van der Waals surface area contributed by atoms with Crippen LogP contribution >= 0.6 is 15.9 Å². The molecule has 0 atom stereocenters. The maximum absolute atomic E-state index is 13.6. The van der Waals surface area contributed by atoms with Gasteiger partial charge in [0.15, 0.2) is 5.82 Å². The predicted octanol–water partition coefficient (Wildman–Crippen LogP) is 3.09. The van der Waals surface area contributed by atoms with Crippen molar-refractivity contribution < 1.29 is 9.31 Å². The second-order valence-corrected chi connectivity index (χ2v) is 6.05. The fourth-order valence-corrected chi connectivity index (χ4v) is 2.42. The molecular weight excluding hydrogens is 411 g/mol. The zero-order chi connectivity index (χ0) is 18.8. The fraction of sp³-hybridized carbons (Fsp3) is 0.0714. The summed E-state index contributed by atoms with van der Waals surface area (Å²) in [6.45, 7) is 0. The summed E-state index contributed by atoms with van der Waals surface area (Å²) in [6, 6.07) is 3.15. The molecule has 2 heterocycles. The molecule has 0 saturated carbocycles. The molecule has 3 aromatic rings. The number of rotatable bonds is 5. The Hall–Kier alpha value is -3.28. The van der Waals surface area contributed by atoms with Gasteiger partial charge < -0.3 is 16.4 Å². The van der Waals surface area contributed by atoms with E-state index in [2.05, 4.69) is 41.6 Å². The highest BCUT2D eigenvalue weighted by Crippen LogP contribution is 2.28. The molecule has 10 nitrogen and oxygen atoms in total. The molecule has 12 heteroatoms. The van der Waals surface area contributed by atoms with Gasteiger partial charge in [0.05, 0.1) is 21.7 Å². The minimum absolute atomic E-state index is 0.169. The van der Waals surface area contributed by atoms with Crippen LogP contribution in [-0.4, -0.2) is 24.7 Å². The highest BCUT2D eigenvalue weighted by molar-refractivity contribution is 9.10. The average molecular weight is 423 g/mol. The highest BCUT2D eigenvalue weighted by Gasteiger charge is 2.13. The lowest BCUT2D eigenvalue weighted by molar-refractivity contribution is -0.385. The van der Waals surface area contributed by atoms with Gasteiger partial charge in [0.25, 0.3) is 5.69 Å². The van der Waals surface area contributed by atoms with Gasteiger partial charge in [-0.25, -0.2) is 9.37 Å². The number of halogens is 2. The first-order valence-corrected chi connectivity index (χ1v) is 7.92. The summed E-state index contributed by atoms with van der Waals surface area (Å²) in [5, 5.41) is 20.6. The molecule has 2 aromatic heterocycles. The first-order valence-electron chi connectivity index (χ1n) is 7.12. The van der Waals surface area contributed by atoms with Crippen molar-refractivity contribution >= 4 is 50.6 Å². The van der Waals surface area contributed by atoms with Crippen molar-refractivity contribution in [3.05, 3.63) is 51.0 Å². The van der Waals surface area contributed by atoms with Gasteiger partial charge in [-0.1, -0.05) is 0 Å². The number of aryl methyl sites for hydroxylation is 1. The molecule has 0 aliphatic rings. The first kappa shape index (κ1) is 17.5. The molecule has 0 fully saturated rings.